The van der Waals surface area contributed by atoms with E-state index in [1.807, 2.05) is 6.92 Å². The number of carboxylic acid groups (broad SMARTS) is 1. The molecule has 2 aliphatic rings. The van der Waals surface area contributed by atoms with E-state index in [-0.39, 0.29) is 23.2 Å². The second kappa shape index (κ2) is 5.73. The number of aliphatic hydroxyl groups is 2. The zero-order valence-corrected chi connectivity index (χ0v) is 15.4. The van der Waals surface area contributed by atoms with E-state index in [2.05, 4.69) is 20.8 Å². The molecule has 0 heterocycles. The highest BCUT2D eigenvalue weighted by atomic mass is 16.4. The van der Waals surface area contributed by atoms with Crippen molar-refractivity contribution >= 4 is 5.97 Å². The summed E-state index contributed by atoms with van der Waals surface area (Å²) in [5.41, 5.74) is -2.23. The van der Waals surface area contributed by atoms with Crippen LogP contribution in [-0.2, 0) is 4.79 Å². The summed E-state index contributed by atoms with van der Waals surface area (Å²) >= 11 is 0. The third-order valence-electron chi connectivity index (χ3n) is 7.14. The molecule has 4 heteroatoms. The Morgan fingerprint density at radius 1 is 1.17 bits per heavy atom. The average Bonchev–Trinajstić information content (AvgIpc) is 2.35. The Bertz CT molecular complexity index is 466. The fourth-order valence-corrected chi connectivity index (χ4v) is 5.80. The maximum absolute atomic E-state index is 11.2. The average molecular weight is 326 g/mol. The van der Waals surface area contributed by atoms with Crippen molar-refractivity contribution in [1.29, 1.82) is 0 Å². The van der Waals surface area contributed by atoms with E-state index < -0.39 is 17.2 Å². The molecule has 0 amide bonds. The number of rotatable bonds is 4. The molecule has 0 bridgehead atoms. The summed E-state index contributed by atoms with van der Waals surface area (Å²) in [6.07, 6.45) is 5.98. The second-order valence-electron chi connectivity index (χ2n) is 9.47. The lowest BCUT2D eigenvalue weighted by Crippen LogP contribution is -2.57. The van der Waals surface area contributed by atoms with Crippen molar-refractivity contribution in [3.8, 4) is 0 Å². The quantitative estimate of drug-likeness (QED) is 0.737. The minimum atomic E-state index is -1.72. The third-order valence-corrected chi connectivity index (χ3v) is 7.14. The van der Waals surface area contributed by atoms with E-state index in [1.54, 1.807) is 0 Å². The van der Waals surface area contributed by atoms with Crippen LogP contribution in [0.15, 0.2) is 0 Å². The number of hydrogen-bond acceptors (Lipinski definition) is 3. The third kappa shape index (κ3) is 3.30. The van der Waals surface area contributed by atoms with E-state index in [4.69, 9.17) is 5.11 Å². The number of carbonyl (C=O) groups is 1. The second-order valence-corrected chi connectivity index (χ2v) is 9.47. The fourth-order valence-electron chi connectivity index (χ4n) is 5.80. The van der Waals surface area contributed by atoms with Gasteiger partial charge in [-0.1, -0.05) is 27.2 Å². The monoisotopic (exact) mass is 326 g/mol. The van der Waals surface area contributed by atoms with Crippen LogP contribution in [0.2, 0.25) is 0 Å². The Labute approximate surface area is 140 Å². The first kappa shape index (κ1) is 18.7. The molecular formula is C19H34O4. The highest BCUT2D eigenvalue weighted by molar-refractivity contribution is 5.76. The Morgan fingerprint density at radius 2 is 1.78 bits per heavy atom. The molecule has 0 radical (unpaired) electrons. The highest BCUT2D eigenvalue weighted by Gasteiger charge is 2.57. The van der Waals surface area contributed by atoms with E-state index in [1.165, 1.54) is 13.3 Å². The van der Waals surface area contributed by atoms with Gasteiger partial charge >= 0.3 is 5.97 Å². The smallest absolute Gasteiger partial charge is 0.335 e. The first-order valence-electron chi connectivity index (χ1n) is 9.01. The molecule has 2 saturated carbocycles. The molecule has 2 rings (SSSR count). The Kier molecular flexibility index (Phi) is 4.67. The maximum Gasteiger partial charge on any atom is 0.335 e. The van der Waals surface area contributed by atoms with Crippen LogP contribution in [0, 0.1) is 22.7 Å². The standard InChI is InChI=1S/C19H34O4/c1-16(2)9-6-10-17(3)13(16)7-11-18(4,22)14(17)8-12-19(5,23)15(20)21/h13-14,22-23H,6-12H2,1-5H3,(H,20,21)/t13-,14+,17-,18+,19+/m0/s1. The predicted octanol–water partition coefficient (Wildman–Crippen LogP) is 3.60. The molecule has 3 N–H and O–H groups in total. The molecular weight excluding hydrogens is 292 g/mol. The van der Waals surface area contributed by atoms with Crippen molar-refractivity contribution in [2.24, 2.45) is 22.7 Å². The van der Waals surface area contributed by atoms with Gasteiger partial charge in [-0.15, -0.1) is 0 Å². The molecule has 4 nitrogen and oxygen atoms in total. The van der Waals surface area contributed by atoms with E-state index in [0.717, 1.165) is 25.7 Å². The SMILES string of the molecule is CC1(C)CCC[C@]2(C)[C@@H](CC[C@@](C)(O)C(=O)O)[C@](C)(O)CC[C@@H]12. The van der Waals surface area contributed by atoms with Gasteiger partial charge in [-0.05, 0) is 75.0 Å². The molecule has 0 unspecified atom stereocenters. The van der Waals surface area contributed by atoms with Gasteiger partial charge in [0, 0.05) is 0 Å². The first-order valence-corrected chi connectivity index (χ1v) is 9.01. The molecule has 5 atom stereocenters. The number of hydrogen-bond donors (Lipinski definition) is 3. The normalized spacial score (nSPS) is 42.6. The van der Waals surface area contributed by atoms with E-state index in [0.29, 0.717) is 12.3 Å². The lowest BCUT2D eigenvalue weighted by molar-refractivity contribution is -0.177. The molecule has 0 spiro atoms. The topological polar surface area (TPSA) is 77.8 Å². The van der Waals surface area contributed by atoms with Gasteiger partial charge in [0.1, 0.15) is 0 Å². The minimum absolute atomic E-state index is 0.0120. The van der Waals surface area contributed by atoms with Gasteiger partial charge in [0.25, 0.3) is 0 Å². The van der Waals surface area contributed by atoms with Gasteiger partial charge in [-0.2, -0.15) is 0 Å². The van der Waals surface area contributed by atoms with Crippen LogP contribution < -0.4 is 0 Å². The van der Waals surface area contributed by atoms with Crippen molar-refractivity contribution in [2.75, 3.05) is 0 Å². The molecule has 2 aliphatic carbocycles. The largest absolute Gasteiger partial charge is 0.479 e. The van der Waals surface area contributed by atoms with Crippen molar-refractivity contribution in [3.63, 3.8) is 0 Å². The molecule has 0 aromatic carbocycles. The van der Waals surface area contributed by atoms with Crippen LogP contribution in [0.4, 0.5) is 0 Å². The molecule has 0 aromatic heterocycles. The van der Waals surface area contributed by atoms with Crippen molar-refractivity contribution < 1.29 is 20.1 Å². The van der Waals surface area contributed by atoms with Gasteiger partial charge in [0.05, 0.1) is 5.60 Å². The summed E-state index contributed by atoms with van der Waals surface area (Å²) in [5, 5.41) is 30.3. The van der Waals surface area contributed by atoms with Gasteiger partial charge in [0.2, 0.25) is 0 Å². The predicted molar refractivity (Wildman–Crippen MR) is 90.1 cm³/mol. The molecule has 2 fully saturated rings. The summed E-state index contributed by atoms with van der Waals surface area (Å²) in [5.74, 6) is -0.610. The Hall–Kier alpha value is -0.610. The summed E-state index contributed by atoms with van der Waals surface area (Å²) in [6, 6.07) is 0. The van der Waals surface area contributed by atoms with Gasteiger partial charge in [-0.3, -0.25) is 0 Å². The van der Waals surface area contributed by atoms with Gasteiger partial charge in [-0.25, -0.2) is 4.79 Å². The summed E-state index contributed by atoms with van der Waals surface area (Å²) in [7, 11) is 0. The van der Waals surface area contributed by atoms with Gasteiger partial charge in [0.15, 0.2) is 5.60 Å². The Balaban J connectivity index is 2.28. The molecule has 0 saturated heterocycles. The maximum atomic E-state index is 11.2. The first-order chi connectivity index (χ1) is 10.3. The summed E-state index contributed by atoms with van der Waals surface area (Å²) in [4.78, 5) is 11.2. The van der Waals surface area contributed by atoms with Crippen LogP contribution in [0.1, 0.15) is 79.6 Å². The summed E-state index contributed by atoms with van der Waals surface area (Å²) in [6.45, 7) is 10.2. The zero-order valence-electron chi connectivity index (χ0n) is 15.4. The van der Waals surface area contributed by atoms with Crippen LogP contribution in [0.25, 0.3) is 0 Å². The van der Waals surface area contributed by atoms with Crippen LogP contribution in [0.3, 0.4) is 0 Å². The molecule has 0 aromatic rings. The highest BCUT2D eigenvalue weighted by Crippen LogP contribution is 2.63. The van der Waals surface area contributed by atoms with Crippen molar-refractivity contribution in [2.45, 2.75) is 90.8 Å². The van der Waals surface area contributed by atoms with Crippen LogP contribution in [-0.4, -0.2) is 32.5 Å². The molecule has 134 valence electrons. The van der Waals surface area contributed by atoms with Crippen molar-refractivity contribution in [3.05, 3.63) is 0 Å². The lowest BCUT2D eigenvalue weighted by atomic mass is 9.45. The number of fused-ring (bicyclic) bond motifs is 1. The number of carboxylic acids is 1. The lowest BCUT2D eigenvalue weighted by Gasteiger charge is -2.61. The Morgan fingerprint density at radius 3 is 2.35 bits per heavy atom. The van der Waals surface area contributed by atoms with Crippen LogP contribution >= 0.6 is 0 Å². The fraction of sp³-hybridized carbons (Fsp3) is 0.947. The van der Waals surface area contributed by atoms with Crippen LogP contribution in [0.5, 0.6) is 0 Å². The molecule has 23 heavy (non-hydrogen) atoms. The zero-order chi connectivity index (χ0) is 17.7. The number of aliphatic carboxylic acids is 1. The summed E-state index contributed by atoms with van der Waals surface area (Å²) < 4.78 is 0. The van der Waals surface area contributed by atoms with E-state index >= 15 is 0 Å². The minimum Gasteiger partial charge on any atom is -0.479 e. The van der Waals surface area contributed by atoms with Gasteiger partial charge < -0.3 is 15.3 Å². The van der Waals surface area contributed by atoms with E-state index in [9.17, 15) is 15.0 Å². The molecule has 0 aliphatic heterocycles. The van der Waals surface area contributed by atoms with Crippen molar-refractivity contribution in [1.82, 2.24) is 0 Å².